The van der Waals surface area contributed by atoms with Gasteiger partial charge >= 0.3 is 0 Å². The lowest BCUT2D eigenvalue weighted by Crippen LogP contribution is -2.08. The number of carbonyl (C=O) groups excluding carboxylic acids is 1. The van der Waals surface area contributed by atoms with Crippen molar-refractivity contribution in [2.75, 3.05) is 10.6 Å². The lowest BCUT2D eigenvalue weighted by Gasteiger charge is -2.08. The molecule has 0 bridgehead atoms. The van der Waals surface area contributed by atoms with Gasteiger partial charge in [-0.3, -0.25) is 4.79 Å². The van der Waals surface area contributed by atoms with Crippen LogP contribution < -0.4 is 10.6 Å². The molecule has 0 radical (unpaired) electrons. The highest BCUT2D eigenvalue weighted by Gasteiger charge is 2.09. The minimum absolute atomic E-state index is 0.0992. The number of carbonyl (C=O) groups is 1. The van der Waals surface area contributed by atoms with Gasteiger partial charge in [0.05, 0.1) is 17.9 Å². The van der Waals surface area contributed by atoms with E-state index < -0.39 is 11.6 Å². The summed E-state index contributed by atoms with van der Waals surface area (Å²) < 4.78 is 26.5. The monoisotopic (exact) mass is 282 g/mol. The molecule has 3 nitrogen and oxygen atoms in total. The van der Waals surface area contributed by atoms with Crippen LogP contribution in [0.3, 0.4) is 0 Å². The summed E-state index contributed by atoms with van der Waals surface area (Å²) in [5.41, 5.74) is 0.781. The Labute approximate surface area is 113 Å². The van der Waals surface area contributed by atoms with Crippen molar-refractivity contribution in [1.29, 1.82) is 0 Å². The Morgan fingerprint density at radius 1 is 1.26 bits per heavy atom. The number of amides is 1. The molecule has 1 amide bonds. The van der Waals surface area contributed by atoms with E-state index in [4.69, 9.17) is 0 Å². The van der Waals surface area contributed by atoms with Crippen LogP contribution in [0.25, 0.3) is 0 Å². The zero-order chi connectivity index (χ0) is 13.8. The van der Waals surface area contributed by atoms with E-state index in [0.29, 0.717) is 12.2 Å². The fourth-order valence-electron chi connectivity index (χ4n) is 1.59. The largest absolute Gasteiger partial charge is 0.378 e. The number of hydrogen-bond acceptors (Lipinski definition) is 3. The van der Waals surface area contributed by atoms with Crippen molar-refractivity contribution in [2.24, 2.45) is 0 Å². The molecule has 0 aliphatic carbocycles. The van der Waals surface area contributed by atoms with Gasteiger partial charge in [-0.25, -0.2) is 8.78 Å². The van der Waals surface area contributed by atoms with E-state index in [-0.39, 0.29) is 11.6 Å². The van der Waals surface area contributed by atoms with E-state index in [1.54, 1.807) is 6.07 Å². The van der Waals surface area contributed by atoms with Crippen LogP contribution in [0, 0.1) is 11.6 Å². The molecule has 0 spiro atoms. The molecule has 1 aromatic carbocycles. The van der Waals surface area contributed by atoms with Gasteiger partial charge < -0.3 is 10.6 Å². The third kappa shape index (κ3) is 3.29. The van der Waals surface area contributed by atoms with E-state index in [2.05, 4.69) is 10.6 Å². The van der Waals surface area contributed by atoms with Crippen molar-refractivity contribution in [3.63, 3.8) is 0 Å². The van der Waals surface area contributed by atoms with Crippen molar-refractivity contribution in [1.82, 2.24) is 0 Å². The number of thiophene rings is 1. The molecule has 0 fully saturated rings. The van der Waals surface area contributed by atoms with Gasteiger partial charge in [-0.05, 0) is 23.6 Å². The van der Waals surface area contributed by atoms with Gasteiger partial charge in [-0.15, -0.1) is 11.3 Å². The highest BCUT2D eigenvalue weighted by Crippen LogP contribution is 2.24. The molecule has 19 heavy (non-hydrogen) atoms. The topological polar surface area (TPSA) is 41.1 Å². The third-order valence-electron chi connectivity index (χ3n) is 2.45. The van der Waals surface area contributed by atoms with Crippen LogP contribution in [-0.2, 0) is 11.3 Å². The molecule has 0 unspecified atom stereocenters. The first-order valence-corrected chi connectivity index (χ1v) is 6.47. The predicted molar refractivity (Wildman–Crippen MR) is 72.3 cm³/mol. The number of hydrogen-bond donors (Lipinski definition) is 2. The van der Waals surface area contributed by atoms with Gasteiger partial charge in [0.2, 0.25) is 5.91 Å². The van der Waals surface area contributed by atoms with E-state index in [9.17, 15) is 13.6 Å². The van der Waals surface area contributed by atoms with Crippen LogP contribution in [0.15, 0.2) is 29.6 Å². The molecule has 0 aliphatic rings. The molecule has 2 rings (SSSR count). The normalized spacial score (nSPS) is 10.3. The molecule has 100 valence electrons. The molecule has 0 atom stereocenters. The molecular formula is C13H12F2N2OS. The fourth-order valence-corrected chi connectivity index (χ4v) is 2.36. The second kappa shape index (κ2) is 5.79. The molecular weight excluding hydrogens is 270 g/mol. The average molecular weight is 282 g/mol. The van der Waals surface area contributed by atoms with Crippen molar-refractivity contribution in [2.45, 2.75) is 13.5 Å². The SMILES string of the molecule is CC(=O)Nc1ccsc1CNc1cccc(F)c1F. The zero-order valence-electron chi connectivity index (χ0n) is 10.2. The highest BCUT2D eigenvalue weighted by atomic mass is 32.1. The molecule has 1 aromatic heterocycles. The highest BCUT2D eigenvalue weighted by molar-refractivity contribution is 7.10. The molecule has 1 heterocycles. The number of rotatable bonds is 4. The molecule has 0 saturated heterocycles. The van der Waals surface area contributed by atoms with Crippen molar-refractivity contribution >= 4 is 28.6 Å². The Balaban J connectivity index is 2.08. The van der Waals surface area contributed by atoms with Crippen LogP contribution >= 0.6 is 11.3 Å². The second-order valence-electron chi connectivity index (χ2n) is 3.89. The summed E-state index contributed by atoms with van der Waals surface area (Å²) in [4.78, 5) is 11.8. The van der Waals surface area contributed by atoms with Crippen LogP contribution in [0.1, 0.15) is 11.8 Å². The van der Waals surface area contributed by atoms with Gasteiger partial charge in [0.1, 0.15) is 0 Å². The van der Waals surface area contributed by atoms with E-state index >= 15 is 0 Å². The van der Waals surface area contributed by atoms with Crippen molar-refractivity contribution in [3.8, 4) is 0 Å². The van der Waals surface area contributed by atoms with E-state index in [0.717, 1.165) is 10.9 Å². The first kappa shape index (κ1) is 13.5. The number of nitrogens with one attached hydrogen (secondary N) is 2. The first-order valence-electron chi connectivity index (χ1n) is 5.60. The van der Waals surface area contributed by atoms with Crippen LogP contribution in [0.2, 0.25) is 0 Å². The molecule has 0 aliphatic heterocycles. The summed E-state index contributed by atoms with van der Waals surface area (Å²) in [6.45, 7) is 1.73. The van der Waals surface area contributed by atoms with Crippen molar-refractivity contribution < 1.29 is 13.6 Å². The van der Waals surface area contributed by atoms with Crippen LogP contribution in [0.4, 0.5) is 20.2 Å². The third-order valence-corrected chi connectivity index (χ3v) is 3.37. The molecule has 2 N–H and O–H groups in total. The van der Waals surface area contributed by atoms with Gasteiger partial charge in [0, 0.05) is 11.8 Å². The van der Waals surface area contributed by atoms with Gasteiger partial charge in [-0.2, -0.15) is 0 Å². The fraction of sp³-hybridized carbons (Fsp3) is 0.154. The molecule has 6 heteroatoms. The summed E-state index contributed by atoms with van der Waals surface area (Å²) in [5, 5.41) is 7.32. The minimum Gasteiger partial charge on any atom is -0.378 e. The zero-order valence-corrected chi connectivity index (χ0v) is 11.0. The van der Waals surface area contributed by atoms with Crippen LogP contribution in [-0.4, -0.2) is 5.91 Å². The predicted octanol–water partition coefficient (Wildman–Crippen LogP) is 3.60. The summed E-state index contributed by atoms with van der Waals surface area (Å²) in [6.07, 6.45) is 0. The van der Waals surface area contributed by atoms with Gasteiger partial charge in [-0.1, -0.05) is 6.07 Å². The number of halogens is 2. The Kier molecular flexibility index (Phi) is 4.11. The van der Waals surface area contributed by atoms with E-state index in [1.807, 2.05) is 5.38 Å². The maximum absolute atomic E-state index is 13.4. The smallest absolute Gasteiger partial charge is 0.221 e. The summed E-state index contributed by atoms with van der Waals surface area (Å²) in [6, 6.07) is 5.73. The number of benzene rings is 1. The Hall–Kier alpha value is -1.95. The number of anilines is 2. The van der Waals surface area contributed by atoms with Crippen LogP contribution in [0.5, 0.6) is 0 Å². The molecule has 0 saturated carbocycles. The Bertz CT molecular complexity index is 598. The lowest BCUT2D eigenvalue weighted by atomic mass is 10.3. The maximum atomic E-state index is 13.4. The lowest BCUT2D eigenvalue weighted by molar-refractivity contribution is -0.114. The van der Waals surface area contributed by atoms with Gasteiger partial charge in [0.15, 0.2) is 11.6 Å². The summed E-state index contributed by atoms with van der Waals surface area (Å²) in [7, 11) is 0. The maximum Gasteiger partial charge on any atom is 0.221 e. The quantitative estimate of drug-likeness (QED) is 0.899. The van der Waals surface area contributed by atoms with Crippen molar-refractivity contribution in [3.05, 3.63) is 46.2 Å². The Morgan fingerprint density at radius 3 is 2.79 bits per heavy atom. The average Bonchev–Trinajstić information content (AvgIpc) is 2.78. The molecule has 2 aromatic rings. The minimum atomic E-state index is -0.903. The van der Waals surface area contributed by atoms with E-state index in [1.165, 1.54) is 30.4 Å². The first-order chi connectivity index (χ1) is 9.08. The summed E-state index contributed by atoms with van der Waals surface area (Å²) in [5.74, 6) is -1.96. The summed E-state index contributed by atoms with van der Waals surface area (Å²) >= 11 is 1.43. The second-order valence-corrected chi connectivity index (χ2v) is 4.89. The van der Waals surface area contributed by atoms with Gasteiger partial charge in [0.25, 0.3) is 0 Å². The standard InChI is InChI=1S/C13H12F2N2OS/c1-8(18)17-10-5-6-19-12(10)7-16-11-4-2-3-9(14)13(11)15/h2-6,16H,7H2,1H3,(H,17,18). The Morgan fingerprint density at radius 2 is 2.05 bits per heavy atom.